The molecular formula is C15H20FN3O. The van der Waals surface area contributed by atoms with Crippen LogP contribution in [0, 0.1) is 12.7 Å². The molecule has 0 unspecified atom stereocenters. The fourth-order valence-electron chi connectivity index (χ4n) is 2.12. The molecule has 4 nitrogen and oxygen atoms in total. The van der Waals surface area contributed by atoms with E-state index < -0.39 is 0 Å². The molecule has 0 aliphatic rings. The number of ether oxygens (including phenoxy) is 1. The van der Waals surface area contributed by atoms with E-state index in [2.05, 4.69) is 21.8 Å². The van der Waals surface area contributed by atoms with E-state index in [1.807, 2.05) is 19.2 Å². The van der Waals surface area contributed by atoms with Crippen molar-refractivity contribution in [3.63, 3.8) is 0 Å². The fraction of sp³-hybridized carbons (Fsp3) is 0.400. The first-order chi connectivity index (χ1) is 9.65. The van der Waals surface area contributed by atoms with Crippen molar-refractivity contribution in [2.75, 3.05) is 13.7 Å². The molecule has 5 heteroatoms. The number of aryl methyl sites for hydroxylation is 1. The lowest BCUT2D eigenvalue weighted by Crippen LogP contribution is -2.16. The number of hydrogen-bond donors (Lipinski definition) is 1. The van der Waals surface area contributed by atoms with Gasteiger partial charge in [0.1, 0.15) is 5.82 Å². The van der Waals surface area contributed by atoms with E-state index in [-0.39, 0.29) is 11.6 Å². The molecule has 0 spiro atoms. The number of benzene rings is 1. The van der Waals surface area contributed by atoms with Gasteiger partial charge in [0, 0.05) is 19.3 Å². The van der Waals surface area contributed by atoms with Crippen LogP contribution < -0.4 is 10.1 Å². The zero-order valence-corrected chi connectivity index (χ0v) is 12.1. The minimum atomic E-state index is -0.337. The Morgan fingerprint density at radius 2 is 2.20 bits per heavy atom. The van der Waals surface area contributed by atoms with Gasteiger partial charge in [-0.25, -0.2) is 9.37 Å². The minimum absolute atomic E-state index is 0.268. The zero-order valence-electron chi connectivity index (χ0n) is 12.1. The molecule has 108 valence electrons. The zero-order chi connectivity index (χ0) is 14.5. The second-order valence-electron chi connectivity index (χ2n) is 4.63. The molecule has 2 aromatic rings. The van der Waals surface area contributed by atoms with Crippen LogP contribution in [0.3, 0.4) is 0 Å². The van der Waals surface area contributed by atoms with Crippen LogP contribution in [0.2, 0.25) is 0 Å². The Morgan fingerprint density at radius 3 is 2.85 bits per heavy atom. The highest BCUT2D eigenvalue weighted by Gasteiger charge is 2.09. The van der Waals surface area contributed by atoms with E-state index in [4.69, 9.17) is 4.74 Å². The minimum Gasteiger partial charge on any atom is -0.494 e. The van der Waals surface area contributed by atoms with E-state index in [0.717, 1.165) is 30.2 Å². The van der Waals surface area contributed by atoms with Crippen molar-refractivity contribution in [2.45, 2.75) is 26.9 Å². The summed E-state index contributed by atoms with van der Waals surface area (Å²) in [4.78, 5) is 4.33. The Balaban J connectivity index is 2.21. The van der Waals surface area contributed by atoms with E-state index in [1.54, 1.807) is 6.07 Å². The first kappa shape index (κ1) is 14.5. The summed E-state index contributed by atoms with van der Waals surface area (Å²) < 4.78 is 20.7. The lowest BCUT2D eigenvalue weighted by molar-refractivity contribution is 0.386. The van der Waals surface area contributed by atoms with Gasteiger partial charge in [-0.3, -0.25) is 0 Å². The van der Waals surface area contributed by atoms with Crippen LogP contribution in [0.4, 0.5) is 4.39 Å². The van der Waals surface area contributed by atoms with Crippen LogP contribution in [0.5, 0.6) is 5.75 Å². The second-order valence-corrected chi connectivity index (χ2v) is 4.63. The number of hydrogen-bond acceptors (Lipinski definition) is 3. The Morgan fingerprint density at radius 1 is 1.40 bits per heavy atom. The van der Waals surface area contributed by atoms with Crippen LogP contribution in [0.1, 0.15) is 24.0 Å². The van der Waals surface area contributed by atoms with Crippen LogP contribution in [0.15, 0.2) is 24.4 Å². The normalized spacial score (nSPS) is 10.8. The largest absolute Gasteiger partial charge is 0.494 e. The van der Waals surface area contributed by atoms with Crippen molar-refractivity contribution in [1.82, 2.24) is 14.9 Å². The van der Waals surface area contributed by atoms with Gasteiger partial charge in [-0.15, -0.1) is 0 Å². The predicted molar refractivity (Wildman–Crippen MR) is 76.4 cm³/mol. The van der Waals surface area contributed by atoms with Crippen molar-refractivity contribution in [2.24, 2.45) is 0 Å². The summed E-state index contributed by atoms with van der Waals surface area (Å²) in [5, 5.41) is 3.28. The number of methoxy groups -OCH3 is 1. The summed E-state index contributed by atoms with van der Waals surface area (Å²) >= 11 is 0. The van der Waals surface area contributed by atoms with Gasteiger partial charge in [0.05, 0.1) is 12.8 Å². The summed E-state index contributed by atoms with van der Waals surface area (Å²) in [5.41, 5.74) is 1.99. The molecule has 1 aromatic carbocycles. The number of rotatable bonds is 6. The van der Waals surface area contributed by atoms with Gasteiger partial charge >= 0.3 is 0 Å². The predicted octanol–water partition coefficient (Wildman–Crippen LogP) is 2.50. The molecule has 1 aromatic heterocycles. The van der Waals surface area contributed by atoms with Gasteiger partial charge in [-0.05, 0) is 31.2 Å². The Kier molecular flexibility index (Phi) is 4.74. The summed E-state index contributed by atoms with van der Waals surface area (Å²) in [6.45, 7) is 6.28. The van der Waals surface area contributed by atoms with Gasteiger partial charge in [0.25, 0.3) is 0 Å². The lowest BCUT2D eigenvalue weighted by Gasteiger charge is -2.11. The maximum Gasteiger partial charge on any atom is 0.165 e. The highest BCUT2D eigenvalue weighted by atomic mass is 19.1. The standard InChI is InChI=1S/C15H20FN3O/c1-4-17-8-13-9-18-11(2)19(13)10-12-5-6-15(20-3)14(16)7-12/h5-7,9,17H,4,8,10H2,1-3H3. The first-order valence-electron chi connectivity index (χ1n) is 6.69. The second kappa shape index (κ2) is 6.52. The van der Waals surface area contributed by atoms with Crippen molar-refractivity contribution in [3.05, 3.63) is 47.3 Å². The third kappa shape index (κ3) is 3.17. The number of nitrogens with one attached hydrogen (secondary N) is 1. The van der Waals surface area contributed by atoms with Crippen molar-refractivity contribution >= 4 is 0 Å². The molecule has 20 heavy (non-hydrogen) atoms. The summed E-state index contributed by atoms with van der Waals surface area (Å²) in [6, 6.07) is 5.04. The third-order valence-corrected chi connectivity index (χ3v) is 3.25. The van der Waals surface area contributed by atoms with E-state index in [1.165, 1.54) is 13.2 Å². The first-order valence-corrected chi connectivity index (χ1v) is 6.69. The van der Waals surface area contributed by atoms with Gasteiger partial charge in [0.2, 0.25) is 0 Å². The molecular weight excluding hydrogens is 257 g/mol. The van der Waals surface area contributed by atoms with E-state index in [9.17, 15) is 4.39 Å². The summed E-state index contributed by atoms with van der Waals surface area (Å²) in [6.07, 6.45) is 1.86. The molecule has 0 amide bonds. The Labute approximate surface area is 118 Å². The molecule has 0 saturated heterocycles. The van der Waals surface area contributed by atoms with Crippen LogP contribution in [0.25, 0.3) is 0 Å². The molecule has 0 bridgehead atoms. The molecule has 0 radical (unpaired) electrons. The number of aromatic nitrogens is 2. The quantitative estimate of drug-likeness (QED) is 0.881. The third-order valence-electron chi connectivity index (χ3n) is 3.25. The molecule has 2 rings (SSSR count). The maximum atomic E-state index is 13.7. The number of imidazole rings is 1. The molecule has 0 atom stereocenters. The monoisotopic (exact) mass is 277 g/mol. The van der Waals surface area contributed by atoms with Gasteiger partial charge in [0.15, 0.2) is 11.6 Å². The van der Waals surface area contributed by atoms with Gasteiger partial charge in [-0.2, -0.15) is 0 Å². The lowest BCUT2D eigenvalue weighted by atomic mass is 10.2. The van der Waals surface area contributed by atoms with Crippen LogP contribution in [-0.4, -0.2) is 23.2 Å². The highest BCUT2D eigenvalue weighted by Crippen LogP contribution is 2.19. The van der Waals surface area contributed by atoms with Crippen LogP contribution in [-0.2, 0) is 13.1 Å². The molecule has 0 aliphatic carbocycles. The fourth-order valence-corrected chi connectivity index (χ4v) is 2.12. The molecule has 0 saturated carbocycles. The van der Waals surface area contributed by atoms with E-state index >= 15 is 0 Å². The Bertz CT molecular complexity index is 580. The Hall–Kier alpha value is -1.88. The molecule has 0 fully saturated rings. The highest BCUT2D eigenvalue weighted by molar-refractivity contribution is 5.29. The van der Waals surface area contributed by atoms with Crippen molar-refractivity contribution in [3.8, 4) is 5.75 Å². The summed E-state index contributed by atoms with van der Waals surface area (Å²) in [7, 11) is 1.46. The topological polar surface area (TPSA) is 39.1 Å². The van der Waals surface area contributed by atoms with Crippen LogP contribution >= 0.6 is 0 Å². The van der Waals surface area contributed by atoms with Gasteiger partial charge < -0.3 is 14.6 Å². The average molecular weight is 277 g/mol. The molecule has 0 aliphatic heterocycles. The van der Waals surface area contributed by atoms with Gasteiger partial charge in [-0.1, -0.05) is 13.0 Å². The molecule has 1 N–H and O–H groups in total. The molecule has 1 heterocycles. The smallest absolute Gasteiger partial charge is 0.165 e. The maximum absolute atomic E-state index is 13.7. The number of halogens is 1. The number of nitrogens with zero attached hydrogens (tertiary/aromatic N) is 2. The van der Waals surface area contributed by atoms with Crippen molar-refractivity contribution < 1.29 is 9.13 Å². The summed E-state index contributed by atoms with van der Waals surface area (Å²) in [5.74, 6) is 0.856. The average Bonchev–Trinajstić information content (AvgIpc) is 2.78. The SMILES string of the molecule is CCNCc1cnc(C)n1Cc1ccc(OC)c(F)c1. The van der Waals surface area contributed by atoms with Crippen molar-refractivity contribution in [1.29, 1.82) is 0 Å². The van der Waals surface area contributed by atoms with E-state index in [0.29, 0.717) is 6.54 Å².